The first-order chi connectivity index (χ1) is 18.2. The third kappa shape index (κ3) is 6.05. The number of nitrogens with zero attached hydrogens (tertiary/aromatic N) is 3. The summed E-state index contributed by atoms with van der Waals surface area (Å²) in [6.45, 7) is 0. The Bertz CT molecular complexity index is 1430. The molecule has 4 aromatic rings. The van der Waals surface area contributed by atoms with E-state index in [1.54, 1.807) is 6.21 Å². The molecule has 0 spiro atoms. The minimum absolute atomic E-state index is 0.0890. The largest absolute Gasteiger partial charge is 0.271 e. The van der Waals surface area contributed by atoms with Crippen LogP contribution in [0.3, 0.4) is 0 Å². The van der Waals surface area contributed by atoms with E-state index < -0.39 is 11.7 Å². The third-order valence-corrected chi connectivity index (χ3v) is 6.03. The van der Waals surface area contributed by atoms with Gasteiger partial charge in [-0.2, -0.15) is 10.2 Å². The molecule has 4 aromatic carbocycles. The van der Waals surface area contributed by atoms with Gasteiger partial charge in [0.05, 0.1) is 23.7 Å². The molecule has 1 unspecified atom stereocenters. The predicted molar refractivity (Wildman–Crippen MR) is 147 cm³/mol. The lowest BCUT2D eigenvalue weighted by Crippen LogP contribution is -2.18. The van der Waals surface area contributed by atoms with E-state index in [0.29, 0.717) is 5.56 Å². The van der Waals surface area contributed by atoms with Crippen LogP contribution in [0, 0.1) is 5.82 Å². The number of hydrogen-bond acceptors (Lipinski definition) is 4. The first-order valence-corrected chi connectivity index (χ1v) is 12.0. The van der Waals surface area contributed by atoms with Crippen LogP contribution >= 0.6 is 0 Å². The zero-order valence-corrected chi connectivity index (χ0v) is 20.0. The molecule has 5 nitrogen and oxygen atoms in total. The van der Waals surface area contributed by atoms with Gasteiger partial charge in [0, 0.05) is 12.0 Å². The highest BCUT2D eigenvalue weighted by Crippen LogP contribution is 2.35. The van der Waals surface area contributed by atoms with Crippen molar-refractivity contribution >= 4 is 29.6 Å². The molecule has 6 heteroatoms. The van der Waals surface area contributed by atoms with E-state index in [4.69, 9.17) is 5.10 Å². The second-order valence-corrected chi connectivity index (χ2v) is 8.61. The van der Waals surface area contributed by atoms with Crippen LogP contribution < -0.4 is 10.4 Å². The summed E-state index contributed by atoms with van der Waals surface area (Å²) in [7, 11) is 0. The zero-order valence-electron chi connectivity index (χ0n) is 20.0. The Morgan fingerprint density at radius 1 is 0.838 bits per heavy atom. The van der Waals surface area contributed by atoms with Crippen molar-refractivity contribution < 1.29 is 9.18 Å². The van der Waals surface area contributed by atoms with Crippen molar-refractivity contribution in [3.05, 3.63) is 143 Å². The number of allylic oxidation sites excluding steroid dienone is 1. The first kappa shape index (κ1) is 23.9. The van der Waals surface area contributed by atoms with E-state index in [1.165, 1.54) is 29.8 Å². The predicted octanol–water partition coefficient (Wildman–Crippen LogP) is 6.61. The average molecular weight is 489 g/mol. The molecule has 1 N–H and O–H groups in total. The Labute approximate surface area is 215 Å². The summed E-state index contributed by atoms with van der Waals surface area (Å²) in [4.78, 5) is 12.1. The maximum Gasteiger partial charge on any atom is 0.271 e. The van der Waals surface area contributed by atoms with Crippen LogP contribution in [0.5, 0.6) is 0 Å². The molecule has 0 aromatic heterocycles. The van der Waals surface area contributed by atoms with Gasteiger partial charge in [0.15, 0.2) is 0 Å². The summed E-state index contributed by atoms with van der Waals surface area (Å²) in [6.07, 6.45) is 6.54. The fourth-order valence-corrected chi connectivity index (χ4v) is 4.11. The molecule has 0 radical (unpaired) electrons. The first-order valence-electron chi connectivity index (χ1n) is 12.0. The fourth-order valence-electron chi connectivity index (χ4n) is 4.11. The topological polar surface area (TPSA) is 57.1 Å². The SMILES string of the molecule is O=C(NN=Cc1ccc(N2N=C(C=Cc3ccccc3)CC2c2ccccc2)cc1)c1ccc(F)cc1. The van der Waals surface area contributed by atoms with Crippen molar-refractivity contribution in [1.82, 2.24) is 5.43 Å². The molecular formula is C31H25FN4O. The molecule has 1 amide bonds. The molecular weight excluding hydrogens is 463 g/mol. The van der Waals surface area contributed by atoms with Crippen LogP contribution in [-0.2, 0) is 0 Å². The van der Waals surface area contributed by atoms with Crippen molar-refractivity contribution in [1.29, 1.82) is 0 Å². The van der Waals surface area contributed by atoms with E-state index in [-0.39, 0.29) is 6.04 Å². The van der Waals surface area contributed by atoms with Gasteiger partial charge < -0.3 is 0 Å². The van der Waals surface area contributed by atoms with Crippen molar-refractivity contribution in [2.75, 3.05) is 5.01 Å². The summed E-state index contributed by atoms with van der Waals surface area (Å²) in [5.41, 5.74) is 7.93. The highest BCUT2D eigenvalue weighted by atomic mass is 19.1. The molecule has 0 aliphatic carbocycles. The van der Waals surface area contributed by atoms with Crippen molar-refractivity contribution in [2.24, 2.45) is 10.2 Å². The second kappa shape index (κ2) is 11.3. The number of hydrazone groups is 2. The number of carbonyl (C=O) groups excluding carboxylic acids is 1. The molecule has 5 rings (SSSR count). The highest BCUT2D eigenvalue weighted by Gasteiger charge is 2.28. The normalized spacial score (nSPS) is 15.3. The molecule has 0 fully saturated rings. The van der Waals surface area contributed by atoms with Gasteiger partial charge in [0.25, 0.3) is 5.91 Å². The van der Waals surface area contributed by atoms with Crippen LogP contribution in [-0.4, -0.2) is 17.8 Å². The number of halogens is 1. The Balaban J connectivity index is 1.31. The second-order valence-electron chi connectivity index (χ2n) is 8.61. The van der Waals surface area contributed by atoms with Gasteiger partial charge in [0.1, 0.15) is 5.82 Å². The maximum absolute atomic E-state index is 13.0. The van der Waals surface area contributed by atoms with Gasteiger partial charge in [0.2, 0.25) is 0 Å². The molecule has 182 valence electrons. The molecule has 0 bridgehead atoms. The number of hydrogen-bond donors (Lipinski definition) is 1. The monoisotopic (exact) mass is 488 g/mol. The summed E-state index contributed by atoms with van der Waals surface area (Å²) >= 11 is 0. The van der Waals surface area contributed by atoms with Gasteiger partial charge in [-0.3, -0.25) is 9.80 Å². The molecule has 37 heavy (non-hydrogen) atoms. The van der Waals surface area contributed by atoms with Crippen molar-refractivity contribution in [3.63, 3.8) is 0 Å². The van der Waals surface area contributed by atoms with Gasteiger partial charge in [-0.1, -0.05) is 78.9 Å². The lowest BCUT2D eigenvalue weighted by Gasteiger charge is -2.24. The average Bonchev–Trinajstić information content (AvgIpc) is 3.38. The van der Waals surface area contributed by atoms with E-state index in [0.717, 1.165) is 28.9 Å². The lowest BCUT2D eigenvalue weighted by atomic mass is 10.0. The number of nitrogens with one attached hydrogen (secondary N) is 1. The number of amides is 1. The fraction of sp³-hybridized carbons (Fsp3) is 0.0645. The van der Waals surface area contributed by atoms with Crippen molar-refractivity contribution in [3.8, 4) is 0 Å². The van der Waals surface area contributed by atoms with Gasteiger partial charge in [-0.25, -0.2) is 9.82 Å². The number of anilines is 1. The van der Waals surface area contributed by atoms with Crippen LogP contribution in [0.15, 0.2) is 125 Å². The minimum Gasteiger partial charge on any atom is -0.267 e. The van der Waals surface area contributed by atoms with Crippen molar-refractivity contribution in [2.45, 2.75) is 12.5 Å². The summed E-state index contributed by atoms with van der Waals surface area (Å²) in [5.74, 6) is -0.794. The van der Waals surface area contributed by atoms with Gasteiger partial charge in [-0.05, 0) is 59.2 Å². The number of carbonyl (C=O) groups is 1. The van der Waals surface area contributed by atoms with Crippen LogP contribution in [0.2, 0.25) is 0 Å². The van der Waals surface area contributed by atoms with Gasteiger partial charge >= 0.3 is 0 Å². The van der Waals surface area contributed by atoms with Gasteiger partial charge in [-0.15, -0.1) is 0 Å². The summed E-state index contributed by atoms with van der Waals surface area (Å²) in [6, 6.07) is 33.8. The highest BCUT2D eigenvalue weighted by molar-refractivity contribution is 6.01. The van der Waals surface area contributed by atoms with Crippen LogP contribution in [0.1, 0.15) is 39.5 Å². The Morgan fingerprint density at radius 2 is 1.51 bits per heavy atom. The van der Waals surface area contributed by atoms with Crippen LogP contribution in [0.4, 0.5) is 10.1 Å². The Morgan fingerprint density at radius 3 is 2.22 bits per heavy atom. The Kier molecular flexibility index (Phi) is 7.27. The van der Waals surface area contributed by atoms with E-state index >= 15 is 0 Å². The van der Waals surface area contributed by atoms with E-state index in [2.05, 4.69) is 52.0 Å². The van der Waals surface area contributed by atoms with E-state index in [9.17, 15) is 9.18 Å². The quantitative estimate of drug-likeness (QED) is 0.235. The zero-order chi connectivity index (χ0) is 25.5. The Hall–Kier alpha value is -4.84. The molecule has 0 saturated heterocycles. The molecule has 1 atom stereocenters. The smallest absolute Gasteiger partial charge is 0.267 e. The standard InChI is InChI=1S/C31H25FN4O/c32-27-16-14-26(15-17-27)31(37)34-33-22-24-12-19-29(20-13-24)36-30(25-9-5-2-6-10-25)21-28(35-36)18-11-23-7-3-1-4-8-23/h1-20,22,30H,21H2,(H,34,37). The van der Waals surface area contributed by atoms with E-state index in [1.807, 2.05) is 60.7 Å². The minimum atomic E-state index is -0.402. The summed E-state index contributed by atoms with van der Waals surface area (Å²) in [5, 5.41) is 11.0. The molecule has 1 aliphatic rings. The van der Waals surface area contributed by atoms with Crippen LogP contribution in [0.25, 0.3) is 6.08 Å². The molecule has 0 saturated carbocycles. The molecule has 1 aliphatic heterocycles. The number of benzene rings is 4. The third-order valence-electron chi connectivity index (χ3n) is 6.03. The lowest BCUT2D eigenvalue weighted by molar-refractivity contribution is 0.0955. The molecule has 1 heterocycles. The number of rotatable bonds is 7. The summed E-state index contributed by atoms with van der Waals surface area (Å²) < 4.78 is 13.0. The maximum atomic E-state index is 13.0.